The summed E-state index contributed by atoms with van der Waals surface area (Å²) in [6, 6.07) is -1.78. The van der Waals surface area contributed by atoms with E-state index in [1.165, 1.54) is 0 Å². The van der Waals surface area contributed by atoms with Gasteiger partial charge in [-0.2, -0.15) is 13.2 Å². The molecule has 1 aliphatic heterocycles. The van der Waals surface area contributed by atoms with Gasteiger partial charge in [0.2, 0.25) is 11.7 Å². The number of aromatic nitrogens is 3. The Morgan fingerprint density at radius 1 is 1.16 bits per heavy atom. The summed E-state index contributed by atoms with van der Waals surface area (Å²) in [5.74, 6) is -6.96. The fourth-order valence-corrected chi connectivity index (χ4v) is 3.16. The van der Waals surface area contributed by atoms with Crippen molar-refractivity contribution in [1.82, 2.24) is 19.7 Å². The van der Waals surface area contributed by atoms with Gasteiger partial charge < -0.3 is 14.6 Å². The van der Waals surface area contributed by atoms with E-state index in [1.54, 1.807) is 0 Å². The first-order valence-electron chi connectivity index (χ1n) is 8.63. The van der Waals surface area contributed by atoms with Crippen LogP contribution in [0.4, 0.5) is 26.3 Å². The van der Waals surface area contributed by atoms with Gasteiger partial charge in [-0.3, -0.25) is 14.9 Å². The average molecular weight is 453 g/mol. The van der Waals surface area contributed by atoms with Gasteiger partial charge in [-0.05, 0) is 6.07 Å². The maximum absolute atomic E-state index is 13.9. The van der Waals surface area contributed by atoms with Crippen LogP contribution in [0.3, 0.4) is 0 Å². The molecule has 168 valence electrons. The van der Waals surface area contributed by atoms with Gasteiger partial charge in [-0.25, -0.2) is 13.2 Å². The van der Waals surface area contributed by atoms with Gasteiger partial charge in [0.05, 0.1) is 13.0 Å². The van der Waals surface area contributed by atoms with Crippen LogP contribution >= 0.6 is 0 Å². The molecule has 0 radical (unpaired) electrons. The lowest BCUT2D eigenvalue weighted by atomic mass is 9.98. The number of alkyl halides is 3. The second kappa shape index (κ2) is 8.13. The minimum absolute atomic E-state index is 0.0996. The molecule has 31 heavy (non-hydrogen) atoms. The van der Waals surface area contributed by atoms with Crippen molar-refractivity contribution in [2.45, 2.75) is 37.8 Å². The SMILES string of the molecule is O=C(CC(C(O)c1cc(F)c(F)cc1F)[N+](=O)[O-])N1CCn2c(nnc2C(F)(F)F)C1. The summed E-state index contributed by atoms with van der Waals surface area (Å²) in [5.41, 5.74) is -0.915. The van der Waals surface area contributed by atoms with Crippen molar-refractivity contribution >= 4 is 5.91 Å². The van der Waals surface area contributed by atoms with E-state index >= 15 is 0 Å². The quantitative estimate of drug-likeness (QED) is 0.320. The van der Waals surface area contributed by atoms with Crippen LogP contribution in [0.5, 0.6) is 0 Å². The Bertz CT molecular complexity index is 1030. The van der Waals surface area contributed by atoms with Crippen molar-refractivity contribution in [2.75, 3.05) is 6.54 Å². The van der Waals surface area contributed by atoms with Crippen LogP contribution in [0, 0.1) is 27.6 Å². The van der Waals surface area contributed by atoms with Crippen LogP contribution in [0.2, 0.25) is 0 Å². The number of nitro groups is 1. The molecule has 2 unspecified atom stereocenters. The second-order valence-corrected chi connectivity index (χ2v) is 6.69. The van der Waals surface area contributed by atoms with Crippen molar-refractivity contribution in [3.8, 4) is 0 Å². The molecule has 15 heteroatoms. The van der Waals surface area contributed by atoms with E-state index in [0.717, 1.165) is 9.47 Å². The topological polar surface area (TPSA) is 114 Å². The number of nitrogens with zero attached hydrogens (tertiary/aromatic N) is 5. The molecule has 2 heterocycles. The Morgan fingerprint density at radius 2 is 1.81 bits per heavy atom. The van der Waals surface area contributed by atoms with Crippen LogP contribution in [-0.2, 0) is 24.1 Å². The maximum atomic E-state index is 13.9. The van der Waals surface area contributed by atoms with Crippen molar-refractivity contribution in [1.29, 1.82) is 0 Å². The Kier molecular flexibility index (Phi) is 5.89. The van der Waals surface area contributed by atoms with Crippen molar-refractivity contribution in [2.24, 2.45) is 0 Å². The van der Waals surface area contributed by atoms with E-state index in [0.29, 0.717) is 0 Å². The van der Waals surface area contributed by atoms with Gasteiger partial charge in [0.1, 0.15) is 11.9 Å². The molecule has 1 N–H and O–H groups in total. The minimum atomic E-state index is -4.76. The molecule has 0 saturated carbocycles. The van der Waals surface area contributed by atoms with E-state index in [-0.39, 0.29) is 31.0 Å². The monoisotopic (exact) mass is 453 g/mol. The molecule has 0 saturated heterocycles. The Balaban J connectivity index is 1.77. The van der Waals surface area contributed by atoms with E-state index in [1.807, 2.05) is 0 Å². The molecular formula is C16H13F6N5O4. The average Bonchev–Trinajstić information content (AvgIpc) is 3.11. The summed E-state index contributed by atoms with van der Waals surface area (Å²) in [5, 5.41) is 27.9. The molecule has 3 rings (SSSR count). The number of carbonyl (C=O) groups excluding carboxylic acids is 1. The lowest BCUT2D eigenvalue weighted by Crippen LogP contribution is -2.42. The lowest BCUT2D eigenvalue weighted by Gasteiger charge is -2.29. The summed E-state index contributed by atoms with van der Waals surface area (Å²) >= 11 is 0. The van der Waals surface area contributed by atoms with Gasteiger partial charge in [-0.1, -0.05) is 0 Å². The minimum Gasteiger partial charge on any atom is -0.381 e. The number of hydrogen-bond acceptors (Lipinski definition) is 6. The van der Waals surface area contributed by atoms with Crippen LogP contribution < -0.4 is 0 Å². The van der Waals surface area contributed by atoms with Crippen LogP contribution in [0.15, 0.2) is 12.1 Å². The molecule has 2 aromatic rings. The highest BCUT2D eigenvalue weighted by Gasteiger charge is 2.41. The van der Waals surface area contributed by atoms with Crippen LogP contribution in [-0.4, -0.2) is 48.2 Å². The first kappa shape index (κ1) is 22.5. The second-order valence-electron chi connectivity index (χ2n) is 6.69. The Morgan fingerprint density at radius 3 is 2.42 bits per heavy atom. The van der Waals surface area contributed by atoms with E-state index in [2.05, 4.69) is 10.2 Å². The zero-order chi connectivity index (χ0) is 23.1. The number of fused-ring (bicyclic) bond motifs is 1. The molecule has 1 aromatic carbocycles. The number of hydrogen-bond donors (Lipinski definition) is 1. The maximum Gasteiger partial charge on any atom is 0.451 e. The fourth-order valence-electron chi connectivity index (χ4n) is 3.16. The standard InChI is InChI=1S/C16H13F6N5O4/c17-8-4-10(19)9(18)3-7(8)14(29)11(27(30)31)5-13(28)25-1-2-26-12(6-25)23-24-15(26)16(20,21)22/h3-4,11,14,29H,1-2,5-6H2. The normalized spacial score (nSPS) is 16.0. The zero-order valence-corrected chi connectivity index (χ0v) is 15.3. The van der Waals surface area contributed by atoms with Gasteiger partial charge in [0.15, 0.2) is 17.5 Å². The summed E-state index contributed by atoms with van der Waals surface area (Å²) in [6.45, 7) is -1.01. The molecule has 0 bridgehead atoms. The molecule has 9 nitrogen and oxygen atoms in total. The van der Waals surface area contributed by atoms with Crippen LogP contribution in [0.1, 0.15) is 29.7 Å². The van der Waals surface area contributed by atoms with Crippen molar-refractivity contribution < 1.29 is 41.2 Å². The highest BCUT2D eigenvalue weighted by molar-refractivity contribution is 5.76. The number of amides is 1. The molecule has 1 aromatic heterocycles. The summed E-state index contributed by atoms with van der Waals surface area (Å²) in [6.07, 6.45) is -8.03. The third-order valence-electron chi connectivity index (χ3n) is 4.74. The molecule has 2 atom stereocenters. The molecule has 1 aliphatic rings. The smallest absolute Gasteiger partial charge is 0.381 e. The number of aliphatic hydroxyl groups excluding tert-OH is 1. The van der Waals surface area contributed by atoms with Crippen molar-refractivity contribution in [3.05, 3.63) is 56.9 Å². The van der Waals surface area contributed by atoms with E-state index in [9.17, 15) is 46.4 Å². The highest BCUT2D eigenvalue weighted by Crippen LogP contribution is 2.30. The van der Waals surface area contributed by atoms with E-state index in [4.69, 9.17) is 0 Å². The summed E-state index contributed by atoms with van der Waals surface area (Å²) in [7, 11) is 0. The Labute approximate surface area is 169 Å². The largest absolute Gasteiger partial charge is 0.451 e. The first-order valence-corrected chi connectivity index (χ1v) is 8.63. The molecule has 1 amide bonds. The lowest BCUT2D eigenvalue weighted by molar-refractivity contribution is -0.534. The van der Waals surface area contributed by atoms with E-state index < -0.39 is 71.0 Å². The van der Waals surface area contributed by atoms with Crippen molar-refractivity contribution in [3.63, 3.8) is 0 Å². The van der Waals surface area contributed by atoms with Gasteiger partial charge in [-0.15, -0.1) is 10.2 Å². The molecule has 0 spiro atoms. The predicted octanol–water partition coefficient (Wildman–Crippen LogP) is 1.83. The number of halogens is 6. The third kappa shape index (κ3) is 4.45. The first-order chi connectivity index (χ1) is 14.4. The Hall–Kier alpha value is -3.23. The van der Waals surface area contributed by atoms with Gasteiger partial charge in [0.25, 0.3) is 6.04 Å². The third-order valence-corrected chi connectivity index (χ3v) is 4.74. The predicted molar refractivity (Wildman–Crippen MR) is 87.1 cm³/mol. The fraction of sp³-hybridized carbons (Fsp3) is 0.438. The number of aliphatic hydroxyl groups is 1. The molecule has 0 aliphatic carbocycles. The van der Waals surface area contributed by atoms with Crippen LogP contribution in [0.25, 0.3) is 0 Å². The number of carbonyl (C=O) groups is 1. The van der Waals surface area contributed by atoms with Gasteiger partial charge >= 0.3 is 6.18 Å². The summed E-state index contributed by atoms with van der Waals surface area (Å²) in [4.78, 5) is 23.7. The molecule has 0 fully saturated rings. The summed E-state index contributed by atoms with van der Waals surface area (Å²) < 4.78 is 79.7. The number of benzene rings is 1. The highest BCUT2D eigenvalue weighted by atomic mass is 19.4. The molecular weight excluding hydrogens is 440 g/mol. The zero-order valence-electron chi connectivity index (χ0n) is 15.3. The number of rotatable bonds is 5. The van der Waals surface area contributed by atoms with Gasteiger partial charge in [0, 0.05) is 29.6 Å².